The van der Waals surface area contributed by atoms with Crippen LogP contribution in [0.15, 0.2) is 93.8 Å². The van der Waals surface area contributed by atoms with Crippen molar-refractivity contribution in [3.63, 3.8) is 0 Å². The van der Waals surface area contributed by atoms with Crippen LogP contribution in [0.25, 0.3) is 16.5 Å². The van der Waals surface area contributed by atoms with Crippen molar-refractivity contribution in [2.24, 2.45) is 0 Å². The van der Waals surface area contributed by atoms with Gasteiger partial charge in [-0.1, -0.05) is 60.7 Å². The van der Waals surface area contributed by atoms with Crippen molar-refractivity contribution in [2.75, 3.05) is 0 Å². The minimum Gasteiger partial charge on any atom is -0.506 e. The maximum Gasteiger partial charge on any atom is 0.348 e. The third-order valence-corrected chi connectivity index (χ3v) is 5.24. The van der Waals surface area contributed by atoms with Gasteiger partial charge in [-0.2, -0.15) is 0 Å². The Hall–Kier alpha value is -4.39. The quantitative estimate of drug-likeness (QED) is 0.297. The number of hydrogen-bond donors (Lipinski definition) is 1. The summed E-state index contributed by atoms with van der Waals surface area (Å²) >= 11 is 0. The molecule has 1 aliphatic rings. The second-order valence-corrected chi connectivity index (χ2v) is 7.03. The first-order chi connectivity index (χ1) is 15.1. The first kappa shape index (κ1) is 18.6. The van der Waals surface area contributed by atoms with Gasteiger partial charge in [0.15, 0.2) is 0 Å². The summed E-state index contributed by atoms with van der Waals surface area (Å²) in [6.07, 6.45) is -1.08. The lowest BCUT2D eigenvalue weighted by atomic mass is 9.89. The van der Waals surface area contributed by atoms with Crippen LogP contribution in [0.4, 0.5) is 0 Å². The standard InChI is InChI=1S/C24H15NO6/c26-22-16-11-5-7-13-18(16)31-24(27)20(22)19-15-10-4-6-12-17(15)30-23(21(19)25(28)29)14-8-2-1-3-9-14/h1-13,23,26H. The van der Waals surface area contributed by atoms with Gasteiger partial charge in [0.2, 0.25) is 6.10 Å². The smallest absolute Gasteiger partial charge is 0.348 e. The van der Waals surface area contributed by atoms with Crippen molar-refractivity contribution in [3.8, 4) is 11.5 Å². The molecule has 7 heteroatoms. The van der Waals surface area contributed by atoms with Gasteiger partial charge in [-0.15, -0.1) is 0 Å². The topological polar surface area (TPSA) is 103 Å². The molecule has 1 atom stereocenters. The zero-order valence-electron chi connectivity index (χ0n) is 16.0. The average molecular weight is 413 g/mol. The maximum absolute atomic E-state index is 13.0. The third-order valence-electron chi connectivity index (χ3n) is 5.24. The molecular weight excluding hydrogens is 398 g/mol. The summed E-state index contributed by atoms with van der Waals surface area (Å²) < 4.78 is 11.4. The fourth-order valence-electron chi connectivity index (χ4n) is 3.89. The van der Waals surface area contributed by atoms with E-state index in [0.717, 1.165) is 0 Å². The minimum absolute atomic E-state index is 0.0160. The molecule has 0 amide bonds. The second-order valence-electron chi connectivity index (χ2n) is 7.03. The van der Waals surface area contributed by atoms with E-state index in [1.165, 1.54) is 0 Å². The van der Waals surface area contributed by atoms with Gasteiger partial charge in [0.05, 0.1) is 15.9 Å². The normalized spacial score (nSPS) is 15.4. The van der Waals surface area contributed by atoms with Crippen molar-refractivity contribution in [1.82, 2.24) is 0 Å². The Morgan fingerprint density at radius 2 is 1.58 bits per heavy atom. The Morgan fingerprint density at radius 1 is 0.903 bits per heavy atom. The first-order valence-corrected chi connectivity index (χ1v) is 9.51. The van der Waals surface area contributed by atoms with E-state index in [9.17, 15) is 20.0 Å². The molecule has 31 heavy (non-hydrogen) atoms. The average Bonchev–Trinajstić information content (AvgIpc) is 2.79. The van der Waals surface area contributed by atoms with Crippen LogP contribution >= 0.6 is 0 Å². The predicted molar refractivity (Wildman–Crippen MR) is 113 cm³/mol. The van der Waals surface area contributed by atoms with E-state index in [-0.39, 0.29) is 33.6 Å². The van der Waals surface area contributed by atoms with Gasteiger partial charge >= 0.3 is 5.63 Å². The lowest BCUT2D eigenvalue weighted by Crippen LogP contribution is -2.24. The highest BCUT2D eigenvalue weighted by atomic mass is 16.6. The molecule has 1 N–H and O–H groups in total. The first-order valence-electron chi connectivity index (χ1n) is 9.51. The molecule has 0 bridgehead atoms. The van der Waals surface area contributed by atoms with Crippen LogP contribution in [0.3, 0.4) is 0 Å². The summed E-state index contributed by atoms with van der Waals surface area (Å²) in [5, 5.41) is 23.6. The van der Waals surface area contributed by atoms with E-state index in [1.54, 1.807) is 78.9 Å². The van der Waals surface area contributed by atoms with Gasteiger partial charge in [-0.05, 0) is 18.2 Å². The van der Waals surface area contributed by atoms with E-state index >= 15 is 0 Å². The highest BCUT2D eigenvalue weighted by Crippen LogP contribution is 2.46. The summed E-state index contributed by atoms with van der Waals surface area (Å²) in [6, 6.07) is 21.9. The van der Waals surface area contributed by atoms with Gasteiger partial charge in [0.25, 0.3) is 5.70 Å². The number of para-hydroxylation sites is 2. The number of fused-ring (bicyclic) bond motifs is 2. The second kappa shape index (κ2) is 7.14. The zero-order chi connectivity index (χ0) is 21.5. The lowest BCUT2D eigenvalue weighted by molar-refractivity contribution is -0.435. The SMILES string of the molecule is O=c1oc2ccccc2c(O)c1C1=C([N+](=O)[O-])C(c2ccccc2)Oc2ccccc21. The number of nitrogens with zero attached hydrogens (tertiary/aromatic N) is 1. The van der Waals surface area contributed by atoms with Crippen molar-refractivity contribution >= 4 is 16.5 Å². The Labute approximate surface area is 175 Å². The van der Waals surface area contributed by atoms with Crippen molar-refractivity contribution < 1.29 is 19.2 Å². The highest BCUT2D eigenvalue weighted by molar-refractivity contribution is 5.94. The third kappa shape index (κ3) is 2.95. The van der Waals surface area contributed by atoms with E-state index < -0.39 is 16.7 Å². The molecule has 0 saturated carbocycles. The monoisotopic (exact) mass is 413 g/mol. The van der Waals surface area contributed by atoms with Crippen molar-refractivity contribution in [2.45, 2.75) is 6.10 Å². The van der Waals surface area contributed by atoms with Crippen LogP contribution in [0, 0.1) is 10.1 Å². The van der Waals surface area contributed by atoms with Gasteiger partial charge in [-0.3, -0.25) is 10.1 Å². The van der Waals surface area contributed by atoms with E-state index in [2.05, 4.69) is 0 Å². The van der Waals surface area contributed by atoms with E-state index in [0.29, 0.717) is 16.9 Å². The van der Waals surface area contributed by atoms with Gasteiger partial charge in [0, 0.05) is 11.1 Å². The molecule has 2 heterocycles. The van der Waals surface area contributed by atoms with Gasteiger partial charge < -0.3 is 14.3 Å². The van der Waals surface area contributed by atoms with Crippen molar-refractivity contribution in [3.05, 3.63) is 122 Å². The minimum atomic E-state index is -1.08. The molecule has 0 fully saturated rings. The summed E-state index contributed by atoms with van der Waals surface area (Å²) in [7, 11) is 0. The lowest BCUT2D eigenvalue weighted by Gasteiger charge is -2.26. The van der Waals surface area contributed by atoms with E-state index in [4.69, 9.17) is 9.15 Å². The molecule has 7 nitrogen and oxygen atoms in total. The molecule has 1 unspecified atom stereocenters. The van der Waals surface area contributed by atoms with Crippen LogP contribution in [-0.2, 0) is 0 Å². The largest absolute Gasteiger partial charge is 0.506 e. The van der Waals surface area contributed by atoms with Crippen LogP contribution in [0.5, 0.6) is 11.5 Å². The molecule has 5 rings (SSSR count). The highest BCUT2D eigenvalue weighted by Gasteiger charge is 2.41. The predicted octanol–water partition coefficient (Wildman–Crippen LogP) is 4.67. The number of hydrogen-bond acceptors (Lipinski definition) is 6. The Balaban J connectivity index is 1.91. The maximum atomic E-state index is 13.0. The molecule has 0 spiro atoms. The molecule has 0 radical (unpaired) electrons. The van der Waals surface area contributed by atoms with Crippen LogP contribution in [0.2, 0.25) is 0 Å². The molecule has 1 aromatic heterocycles. The number of rotatable bonds is 3. The van der Waals surface area contributed by atoms with Crippen LogP contribution in [0.1, 0.15) is 22.8 Å². The number of nitro groups is 1. The van der Waals surface area contributed by atoms with Crippen LogP contribution in [-0.4, -0.2) is 10.0 Å². The molecule has 1 aliphatic heterocycles. The van der Waals surface area contributed by atoms with Gasteiger partial charge in [0.1, 0.15) is 22.6 Å². The van der Waals surface area contributed by atoms with Crippen molar-refractivity contribution in [1.29, 1.82) is 0 Å². The summed E-state index contributed by atoms with van der Waals surface area (Å²) in [5.41, 5.74) is -0.418. The molecule has 3 aromatic carbocycles. The molecule has 152 valence electrons. The number of ether oxygens (including phenoxy) is 1. The number of benzene rings is 3. The fourth-order valence-corrected chi connectivity index (χ4v) is 3.89. The summed E-state index contributed by atoms with van der Waals surface area (Å²) in [4.78, 5) is 24.6. The number of aromatic hydroxyl groups is 1. The zero-order valence-corrected chi connectivity index (χ0v) is 16.0. The Bertz CT molecular complexity index is 1420. The van der Waals surface area contributed by atoms with Gasteiger partial charge in [-0.25, -0.2) is 4.79 Å². The summed E-state index contributed by atoms with van der Waals surface area (Å²) in [6.45, 7) is 0. The van der Waals surface area contributed by atoms with E-state index in [1.807, 2.05) is 0 Å². The Kier molecular flexibility index (Phi) is 4.29. The fraction of sp³-hybridized carbons (Fsp3) is 0.0417. The molecular formula is C24H15NO6. The summed E-state index contributed by atoms with van der Waals surface area (Å²) in [5.74, 6) is -0.00590. The molecule has 0 saturated heterocycles. The van der Waals surface area contributed by atoms with Crippen LogP contribution < -0.4 is 10.4 Å². The molecule has 4 aromatic rings. The molecule has 0 aliphatic carbocycles. The Morgan fingerprint density at radius 3 is 2.35 bits per heavy atom.